The molecule has 0 atom stereocenters. The van der Waals surface area contributed by atoms with Gasteiger partial charge in [0, 0.05) is 13.0 Å². The molecule has 2 N–H and O–H groups in total. The molecule has 0 unspecified atom stereocenters. The second kappa shape index (κ2) is 20.4. The van der Waals surface area contributed by atoms with Crippen molar-refractivity contribution in [3.63, 3.8) is 0 Å². The Kier molecular flexibility index (Phi) is 18.1. The Balaban J connectivity index is 1.76. The van der Waals surface area contributed by atoms with Crippen LogP contribution in [0.4, 0.5) is 0 Å². The lowest BCUT2D eigenvalue weighted by Crippen LogP contribution is -2.25. The van der Waals surface area contributed by atoms with Crippen molar-refractivity contribution in [3.05, 3.63) is 29.8 Å². The van der Waals surface area contributed by atoms with E-state index in [2.05, 4.69) is 12.2 Å². The molecule has 1 amide bonds. The topological polar surface area (TPSA) is 49.3 Å². The highest BCUT2D eigenvalue weighted by Gasteiger charge is 2.01. The smallest absolute Gasteiger partial charge is 0.220 e. The van der Waals surface area contributed by atoms with Gasteiger partial charge in [0.2, 0.25) is 5.91 Å². The van der Waals surface area contributed by atoms with Crippen LogP contribution in [0, 0.1) is 0 Å². The molecule has 0 aliphatic rings. The van der Waals surface area contributed by atoms with Gasteiger partial charge in [-0.2, -0.15) is 0 Å². The van der Waals surface area contributed by atoms with E-state index in [0.29, 0.717) is 13.0 Å². The fourth-order valence-corrected chi connectivity index (χ4v) is 4.11. The number of benzene rings is 1. The Morgan fingerprint density at radius 3 is 1.55 bits per heavy atom. The van der Waals surface area contributed by atoms with Gasteiger partial charge < -0.3 is 10.4 Å². The Hall–Kier alpha value is -1.51. The summed E-state index contributed by atoms with van der Waals surface area (Å²) in [7, 11) is 0. The average molecular weight is 432 g/mol. The molecule has 1 aromatic carbocycles. The predicted octanol–water partition coefficient (Wildman–Crippen LogP) is 8.09. The number of unbranched alkanes of at least 4 members (excludes halogenated alkanes) is 16. The Morgan fingerprint density at radius 2 is 1.10 bits per heavy atom. The average Bonchev–Trinajstić information content (AvgIpc) is 2.77. The summed E-state index contributed by atoms with van der Waals surface area (Å²) in [6.45, 7) is 2.95. The largest absolute Gasteiger partial charge is 0.508 e. The van der Waals surface area contributed by atoms with Crippen LogP contribution in [-0.2, 0) is 11.2 Å². The summed E-state index contributed by atoms with van der Waals surface area (Å²) in [6, 6.07) is 7.18. The molecule has 178 valence electrons. The van der Waals surface area contributed by atoms with Gasteiger partial charge in [0.15, 0.2) is 0 Å². The first-order chi connectivity index (χ1) is 15.2. The number of hydrogen-bond acceptors (Lipinski definition) is 2. The van der Waals surface area contributed by atoms with E-state index in [1.54, 1.807) is 12.1 Å². The van der Waals surface area contributed by atoms with Gasteiger partial charge >= 0.3 is 0 Å². The minimum atomic E-state index is 0.166. The van der Waals surface area contributed by atoms with Crippen LogP contribution in [0.1, 0.15) is 128 Å². The van der Waals surface area contributed by atoms with Crippen molar-refractivity contribution in [2.75, 3.05) is 6.54 Å². The highest BCUT2D eigenvalue weighted by atomic mass is 16.3. The van der Waals surface area contributed by atoms with Gasteiger partial charge in [0.05, 0.1) is 0 Å². The summed E-state index contributed by atoms with van der Waals surface area (Å²) in [4.78, 5) is 11.9. The molecular formula is C28H49NO2. The van der Waals surface area contributed by atoms with E-state index >= 15 is 0 Å². The molecule has 0 aromatic heterocycles. The first kappa shape index (κ1) is 27.5. The summed E-state index contributed by atoms with van der Waals surface area (Å²) >= 11 is 0. The molecule has 0 saturated heterocycles. The van der Waals surface area contributed by atoms with Gasteiger partial charge in [-0.15, -0.1) is 0 Å². The fraction of sp³-hybridized carbons (Fsp3) is 0.750. The third-order valence-corrected chi connectivity index (χ3v) is 6.18. The maximum Gasteiger partial charge on any atom is 0.220 e. The number of phenolic OH excluding ortho intramolecular Hbond substituents is 1. The number of aromatic hydroxyl groups is 1. The van der Waals surface area contributed by atoms with Crippen LogP contribution >= 0.6 is 0 Å². The van der Waals surface area contributed by atoms with Gasteiger partial charge in [-0.25, -0.2) is 0 Å². The number of phenols is 1. The van der Waals surface area contributed by atoms with Crippen LogP contribution < -0.4 is 5.32 Å². The van der Waals surface area contributed by atoms with E-state index in [1.807, 2.05) is 12.1 Å². The Labute approximate surface area is 192 Å². The molecular weight excluding hydrogens is 382 g/mol. The van der Waals surface area contributed by atoms with Gasteiger partial charge in [-0.1, -0.05) is 122 Å². The van der Waals surface area contributed by atoms with Crippen LogP contribution in [0.2, 0.25) is 0 Å². The number of rotatable bonds is 21. The second-order valence-corrected chi connectivity index (χ2v) is 9.17. The van der Waals surface area contributed by atoms with E-state index in [0.717, 1.165) is 18.4 Å². The van der Waals surface area contributed by atoms with Crippen LogP contribution in [-0.4, -0.2) is 17.6 Å². The van der Waals surface area contributed by atoms with Crippen LogP contribution in [0.25, 0.3) is 0 Å². The van der Waals surface area contributed by atoms with Crippen molar-refractivity contribution in [1.29, 1.82) is 0 Å². The maximum absolute atomic E-state index is 11.9. The molecule has 31 heavy (non-hydrogen) atoms. The molecule has 0 aliphatic heterocycles. The molecule has 0 heterocycles. The number of nitrogens with one attached hydrogen (secondary N) is 1. The molecule has 0 saturated carbocycles. The van der Waals surface area contributed by atoms with Crippen molar-refractivity contribution in [2.45, 2.75) is 129 Å². The summed E-state index contributed by atoms with van der Waals surface area (Å²) in [6.07, 6.45) is 24.6. The molecule has 1 rings (SSSR count). The molecule has 3 nitrogen and oxygen atoms in total. The first-order valence-corrected chi connectivity index (χ1v) is 13.3. The molecule has 0 aliphatic carbocycles. The normalized spacial score (nSPS) is 11.0. The zero-order chi connectivity index (χ0) is 22.4. The summed E-state index contributed by atoms with van der Waals surface area (Å²) in [5.41, 5.74) is 1.14. The first-order valence-electron chi connectivity index (χ1n) is 13.3. The third kappa shape index (κ3) is 17.8. The zero-order valence-electron chi connectivity index (χ0n) is 20.3. The summed E-state index contributed by atoms with van der Waals surface area (Å²) < 4.78 is 0. The van der Waals surface area contributed by atoms with Crippen molar-refractivity contribution < 1.29 is 9.90 Å². The molecule has 0 fully saturated rings. The predicted molar refractivity (Wildman–Crippen MR) is 134 cm³/mol. The maximum atomic E-state index is 11.9. The van der Waals surface area contributed by atoms with Crippen LogP contribution in [0.3, 0.4) is 0 Å². The molecule has 0 radical (unpaired) electrons. The van der Waals surface area contributed by atoms with E-state index in [4.69, 9.17) is 0 Å². The molecule has 3 heteroatoms. The monoisotopic (exact) mass is 431 g/mol. The van der Waals surface area contributed by atoms with Crippen molar-refractivity contribution >= 4 is 5.91 Å². The van der Waals surface area contributed by atoms with Gasteiger partial charge in [-0.05, 0) is 30.5 Å². The zero-order valence-corrected chi connectivity index (χ0v) is 20.3. The number of carbonyl (C=O) groups excluding carboxylic acids is 1. The lowest BCUT2D eigenvalue weighted by molar-refractivity contribution is -0.121. The van der Waals surface area contributed by atoms with Crippen molar-refractivity contribution in [3.8, 4) is 5.75 Å². The molecule has 1 aromatic rings. The minimum absolute atomic E-state index is 0.166. The highest BCUT2D eigenvalue weighted by molar-refractivity contribution is 5.75. The van der Waals surface area contributed by atoms with E-state index in [1.165, 1.54) is 103 Å². The lowest BCUT2D eigenvalue weighted by atomic mass is 10.0. The minimum Gasteiger partial charge on any atom is -0.508 e. The molecule has 0 bridgehead atoms. The van der Waals surface area contributed by atoms with Gasteiger partial charge in [-0.3, -0.25) is 4.79 Å². The van der Waals surface area contributed by atoms with Crippen molar-refractivity contribution in [2.24, 2.45) is 0 Å². The van der Waals surface area contributed by atoms with E-state index in [-0.39, 0.29) is 11.7 Å². The number of amides is 1. The lowest BCUT2D eigenvalue weighted by Gasteiger charge is -2.06. The standard InChI is InChI=1S/C28H49NO2/c1-2-3-4-5-6-7-8-9-10-11-12-13-14-15-16-17-18-19-28(31)29-25-24-26-20-22-27(30)23-21-26/h20-23,30H,2-19,24-25H2,1H3,(H,29,31). The second-order valence-electron chi connectivity index (χ2n) is 9.17. The summed E-state index contributed by atoms with van der Waals surface area (Å²) in [5.74, 6) is 0.450. The van der Waals surface area contributed by atoms with Crippen molar-refractivity contribution in [1.82, 2.24) is 5.32 Å². The SMILES string of the molecule is CCCCCCCCCCCCCCCCCCCC(=O)NCCc1ccc(O)cc1. The Bertz CT molecular complexity index is 526. The third-order valence-electron chi connectivity index (χ3n) is 6.18. The van der Waals surface area contributed by atoms with Gasteiger partial charge in [0.25, 0.3) is 0 Å². The quantitative estimate of drug-likeness (QED) is 0.193. The highest BCUT2D eigenvalue weighted by Crippen LogP contribution is 2.14. The Morgan fingerprint density at radius 1 is 0.677 bits per heavy atom. The van der Waals surface area contributed by atoms with Gasteiger partial charge in [0.1, 0.15) is 5.75 Å². The number of hydrogen-bond donors (Lipinski definition) is 2. The van der Waals surface area contributed by atoms with E-state index < -0.39 is 0 Å². The number of carbonyl (C=O) groups is 1. The van der Waals surface area contributed by atoms with E-state index in [9.17, 15) is 9.90 Å². The van der Waals surface area contributed by atoms with Crippen LogP contribution in [0.15, 0.2) is 24.3 Å². The van der Waals surface area contributed by atoms with Crippen LogP contribution in [0.5, 0.6) is 5.75 Å². The molecule has 0 spiro atoms. The summed E-state index contributed by atoms with van der Waals surface area (Å²) in [5, 5.41) is 12.3. The fourth-order valence-electron chi connectivity index (χ4n) is 4.11.